The molecule has 0 aromatic carbocycles. The van der Waals surface area contributed by atoms with E-state index in [2.05, 4.69) is 6.92 Å². The van der Waals surface area contributed by atoms with Gasteiger partial charge < -0.3 is 0 Å². The van der Waals surface area contributed by atoms with Gasteiger partial charge >= 0.3 is 0 Å². The third kappa shape index (κ3) is 6.62. The second kappa shape index (κ2) is 9.41. The highest BCUT2D eigenvalue weighted by Gasteiger charge is 2.05. The quantitative estimate of drug-likeness (QED) is 0.399. The molecule has 0 fully saturated rings. The number of carbonyl (C=O) groups is 1. The molecule has 0 atom stereocenters. The molecule has 0 spiro atoms. The molecule has 17 heavy (non-hydrogen) atoms. The standard InChI is InChI=1S/C15H24OS/c1-2-3-4-5-6-7-8-9-11-14(16)15-12-10-13-17-15/h10,12-13H,2-9,11H2,1H3. The lowest BCUT2D eigenvalue weighted by molar-refractivity contribution is 0.0983. The number of thiophene rings is 1. The van der Waals surface area contributed by atoms with Crippen LogP contribution in [0.1, 0.15) is 74.4 Å². The van der Waals surface area contributed by atoms with Gasteiger partial charge in [0.25, 0.3) is 0 Å². The van der Waals surface area contributed by atoms with Crippen molar-refractivity contribution in [3.63, 3.8) is 0 Å². The fourth-order valence-electron chi connectivity index (χ4n) is 1.98. The zero-order valence-corrected chi connectivity index (χ0v) is 11.7. The summed E-state index contributed by atoms with van der Waals surface area (Å²) in [5.41, 5.74) is 0. The molecule has 96 valence electrons. The lowest BCUT2D eigenvalue weighted by Gasteiger charge is -2.01. The van der Waals surface area contributed by atoms with E-state index in [4.69, 9.17) is 0 Å². The van der Waals surface area contributed by atoms with Crippen LogP contribution in [-0.2, 0) is 0 Å². The van der Waals surface area contributed by atoms with Crippen LogP contribution in [0.25, 0.3) is 0 Å². The largest absolute Gasteiger partial charge is 0.293 e. The lowest BCUT2D eigenvalue weighted by Crippen LogP contribution is -1.95. The van der Waals surface area contributed by atoms with Crippen LogP contribution in [0.3, 0.4) is 0 Å². The summed E-state index contributed by atoms with van der Waals surface area (Å²) < 4.78 is 0. The van der Waals surface area contributed by atoms with E-state index >= 15 is 0 Å². The number of ketones is 1. The number of Topliss-reactive ketones (excluding diaryl/α,β-unsaturated/α-hetero) is 1. The molecule has 0 aliphatic rings. The summed E-state index contributed by atoms with van der Waals surface area (Å²) in [5, 5.41) is 1.97. The topological polar surface area (TPSA) is 17.1 Å². The lowest BCUT2D eigenvalue weighted by atomic mass is 10.1. The van der Waals surface area contributed by atoms with Crippen molar-refractivity contribution in [3.05, 3.63) is 22.4 Å². The van der Waals surface area contributed by atoms with Crippen LogP contribution in [0.4, 0.5) is 0 Å². The molecule has 0 saturated heterocycles. The Bertz CT molecular complexity index is 290. The molecule has 1 rings (SSSR count). The van der Waals surface area contributed by atoms with Crippen molar-refractivity contribution < 1.29 is 4.79 Å². The molecule has 1 heterocycles. The van der Waals surface area contributed by atoms with E-state index in [1.807, 2.05) is 17.5 Å². The van der Waals surface area contributed by atoms with Gasteiger partial charge in [-0.1, -0.05) is 57.9 Å². The summed E-state index contributed by atoms with van der Waals surface area (Å²) in [5.74, 6) is 0.325. The van der Waals surface area contributed by atoms with Gasteiger partial charge in [0.05, 0.1) is 4.88 Å². The highest BCUT2D eigenvalue weighted by molar-refractivity contribution is 7.12. The number of rotatable bonds is 10. The zero-order valence-electron chi connectivity index (χ0n) is 10.9. The first kappa shape index (κ1) is 14.4. The Balaban J connectivity index is 1.92. The fraction of sp³-hybridized carbons (Fsp3) is 0.667. The predicted molar refractivity (Wildman–Crippen MR) is 75.9 cm³/mol. The predicted octanol–water partition coefficient (Wildman–Crippen LogP) is 5.46. The first-order valence-electron chi connectivity index (χ1n) is 6.91. The highest BCUT2D eigenvalue weighted by Crippen LogP contribution is 2.15. The monoisotopic (exact) mass is 252 g/mol. The number of unbranched alkanes of at least 4 members (excludes halogenated alkanes) is 7. The van der Waals surface area contributed by atoms with E-state index in [9.17, 15) is 4.79 Å². The van der Waals surface area contributed by atoms with Crippen molar-refractivity contribution >= 4 is 17.1 Å². The van der Waals surface area contributed by atoms with Gasteiger partial charge in [-0.2, -0.15) is 0 Å². The third-order valence-corrected chi connectivity index (χ3v) is 3.96. The first-order valence-corrected chi connectivity index (χ1v) is 7.79. The van der Waals surface area contributed by atoms with Crippen LogP contribution >= 0.6 is 11.3 Å². The Kier molecular flexibility index (Phi) is 7.98. The second-order valence-corrected chi connectivity index (χ2v) is 5.57. The van der Waals surface area contributed by atoms with E-state index in [1.165, 1.54) is 44.9 Å². The van der Waals surface area contributed by atoms with E-state index in [0.29, 0.717) is 5.78 Å². The summed E-state index contributed by atoms with van der Waals surface area (Å²) in [6, 6.07) is 3.88. The minimum Gasteiger partial charge on any atom is -0.293 e. The van der Waals surface area contributed by atoms with Gasteiger partial charge in [-0.25, -0.2) is 0 Å². The van der Waals surface area contributed by atoms with E-state index in [0.717, 1.165) is 17.7 Å². The van der Waals surface area contributed by atoms with Crippen molar-refractivity contribution in [2.75, 3.05) is 0 Å². The summed E-state index contributed by atoms with van der Waals surface area (Å²) in [6.07, 6.45) is 11.1. The molecule has 1 aromatic rings. The van der Waals surface area contributed by atoms with Crippen molar-refractivity contribution in [3.8, 4) is 0 Å². The van der Waals surface area contributed by atoms with Gasteiger partial charge in [-0.15, -0.1) is 11.3 Å². The summed E-state index contributed by atoms with van der Waals surface area (Å²) >= 11 is 1.56. The van der Waals surface area contributed by atoms with E-state index < -0.39 is 0 Å². The molecule has 1 aromatic heterocycles. The molecule has 0 bridgehead atoms. The smallest absolute Gasteiger partial charge is 0.172 e. The van der Waals surface area contributed by atoms with Gasteiger partial charge in [0.2, 0.25) is 0 Å². The van der Waals surface area contributed by atoms with E-state index in [-0.39, 0.29) is 0 Å². The number of hydrogen-bond acceptors (Lipinski definition) is 2. The van der Waals surface area contributed by atoms with Crippen LogP contribution in [0.15, 0.2) is 17.5 Å². The molecule has 0 radical (unpaired) electrons. The van der Waals surface area contributed by atoms with Crippen LogP contribution in [0.2, 0.25) is 0 Å². The number of carbonyl (C=O) groups excluding carboxylic acids is 1. The van der Waals surface area contributed by atoms with Gasteiger partial charge in [-0.05, 0) is 17.9 Å². The molecule has 2 heteroatoms. The molecule has 0 amide bonds. The molecule has 0 saturated carbocycles. The summed E-state index contributed by atoms with van der Waals surface area (Å²) in [4.78, 5) is 12.6. The summed E-state index contributed by atoms with van der Waals surface area (Å²) in [6.45, 7) is 2.25. The molecule has 0 unspecified atom stereocenters. The maximum absolute atomic E-state index is 11.7. The minimum absolute atomic E-state index is 0.325. The fourth-order valence-corrected chi connectivity index (χ4v) is 2.67. The molecule has 1 nitrogen and oxygen atoms in total. The SMILES string of the molecule is CCCCCCCCCCC(=O)c1cccs1. The normalized spacial score (nSPS) is 10.6. The Hall–Kier alpha value is -0.630. The Morgan fingerprint density at radius 1 is 1.06 bits per heavy atom. The van der Waals surface area contributed by atoms with Crippen molar-refractivity contribution in [1.82, 2.24) is 0 Å². The van der Waals surface area contributed by atoms with Crippen molar-refractivity contribution in [2.45, 2.75) is 64.7 Å². The molecule has 0 aliphatic heterocycles. The Morgan fingerprint density at radius 3 is 2.29 bits per heavy atom. The summed E-state index contributed by atoms with van der Waals surface area (Å²) in [7, 11) is 0. The van der Waals surface area contributed by atoms with E-state index in [1.54, 1.807) is 11.3 Å². The maximum atomic E-state index is 11.7. The average molecular weight is 252 g/mol. The molecule has 0 N–H and O–H groups in total. The van der Waals surface area contributed by atoms with Gasteiger partial charge in [0.15, 0.2) is 5.78 Å². The third-order valence-electron chi connectivity index (χ3n) is 3.05. The highest BCUT2D eigenvalue weighted by atomic mass is 32.1. The first-order chi connectivity index (χ1) is 8.34. The van der Waals surface area contributed by atoms with Crippen molar-refractivity contribution in [1.29, 1.82) is 0 Å². The van der Waals surface area contributed by atoms with Crippen molar-refractivity contribution in [2.24, 2.45) is 0 Å². The Morgan fingerprint density at radius 2 is 1.71 bits per heavy atom. The van der Waals surface area contributed by atoms with Crippen LogP contribution in [-0.4, -0.2) is 5.78 Å². The van der Waals surface area contributed by atoms with Gasteiger partial charge in [-0.3, -0.25) is 4.79 Å². The van der Waals surface area contributed by atoms with Gasteiger partial charge in [0, 0.05) is 6.42 Å². The molecular weight excluding hydrogens is 228 g/mol. The van der Waals surface area contributed by atoms with Crippen LogP contribution < -0.4 is 0 Å². The van der Waals surface area contributed by atoms with Gasteiger partial charge in [0.1, 0.15) is 0 Å². The molecular formula is C15H24OS. The maximum Gasteiger partial charge on any atom is 0.172 e. The van der Waals surface area contributed by atoms with Crippen LogP contribution in [0.5, 0.6) is 0 Å². The molecule has 0 aliphatic carbocycles. The minimum atomic E-state index is 0.325. The Labute approximate surface area is 109 Å². The van der Waals surface area contributed by atoms with Crippen LogP contribution in [0, 0.1) is 0 Å². The average Bonchev–Trinajstić information content (AvgIpc) is 2.86. The number of hydrogen-bond donors (Lipinski definition) is 0. The second-order valence-electron chi connectivity index (χ2n) is 4.63. The zero-order chi connectivity index (χ0) is 12.3.